The van der Waals surface area contributed by atoms with Gasteiger partial charge in [0.2, 0.25) is 0 Å². The van der Waals surface area contributed by atoms with Crippen LogP contribution < -0.4 is 5.46 Å². The Morgan fingerprint density at radius 1 is 0.521 bits per heavy atom. The van der Waals surface area contributed by atoms with Crippen molar-refractivity contribution in [1.82, 2.24) is 4.57 Å². The lowest BCUT2D eigenvalue weighted by Crippen LogP contribution is -2.41. The molecule has 0 atom stereocenters. The summed E-state index contributed by atoms with van der Waals surface area (Å²) < 4.78 is 20.8. The predicted octanol–water partition coefficient (Wildman–Crippen LogP) is 11.5. The van der Waals surface area contributed by atoms with Gasteiger partial charge < -0.3 is 13.9 Å². The van der Waals surface area contributed by atoms with E-state index in [9.17, 15) is 0 Å². The van der Waals surface area contributed by atoms with E-state index < -0.39 is 18.3 Å². The Bertz CT molecular complexity index is 2750. The van der Waals surface area contributed by atoms with Gasteiger partial charge in [0.05, 0.1) is 32.6 Å². The van der Waals surface area contributed by atoms with Crippen molar-refractivity contribution in [2.24, 2.45) is 0 Å². The summed E-state index contributed by atoms with van der Waals surface area (Å²) in [5.41, 5.74) is 6.28. The Balaban J connectivity index is 1.25. The molecule has 1 aliphatic heterocycles. The van der Waals surface area contributed by atoms with Crippen molar-refractivity contribution in [3.63, 3.8) is 0 Å². The Labute approximate surface area is 287 Å². The van der Waals surface area contributed by atoms with Gasteiger partial charge in [0, 0.05) is 46.4 Å². The van der Waals surface area contributed by atoms with Gasteiger partial charge in [-0.15, -0.1) is 22.7 Å². The Kier molecular flexibility index (Phi) is 5.97. The molecule has 0 amide bonds. The summed E-state index contributed by atoms with van der Waals surface area (Å²) in [4.78, 5) is 0. The zero-order valence-corrected chi connectivity index (χ0v) is 28.8. The minimum absolute atomic E-state index is 0.409. The molecule has 232 valence electrons. The van der Waals surface area contributed by atoms with Gasteiger partial charge >= 0.3 is 7.12 Å². The number of nitrogens with zero attached hydrogens (tertiary/aromatic N) is 1. The number of thiophene rings is 2. The molecule has 10 rings (SSSR count). The third kappa shape index (κ3) is 4.01. The van der Waals surface area contributed by atoms with E-state index in [1.165, 1.54) is 79.0 Å². The quantitative estimate of drug-likeness (QED) is 0.177. The highest BCUT2D eigenvalue weighted by atomic mass is 32.1. The molecule has 6 aromatic carbocycles. The molecule has 4 heterocycles. The van der Waals surface area contributed by atoms with E-state index in [2.05, 4.69) is 154 Å². The number of hydrogen-bond donors (Lipinski definition) is 0. The standard InChI is InChI=1S/C42H32BNO2S2/c1-41(2)42(3,4)46-43(45-41)26-20-22-35-33(24-26)32-23-25(27-13-9-14-30-28-11-5-7-17-37(28)47-39(27)30)19-21-34(32)44(35)36-16-10-15-31-29-12-6-8-18-38(29)48-40(31)36/h5-24H,1-4H3. The topological polar surface area (TPSA) is 23.4 Å². The van der Waals surface area contributed by atoms with Crippen LogP contribution in [0.5, 0.6) is 0 Å². The van der Waals surface area contributed by atoms with Gasteiger partial charge in [-0.3, -0.25) is 0 Å². The lowest BCUT2D eigenvalue weighted by molar-refractivity contribution is 0.00578. The number of rotatable bonds is 3. The summed E-state index contributed by atoms with van der Waals surface area (Å²) in [5.74, 6) is 0. The molecule has 48 heavy (non-hydrogen) atoms. The zero-order chi connectivity index (χ0) is 32.4. The third-order valence-electron chi connectivity index (χ3n) is 10.7. The minimum atomic E-state index is -0.431. The number of hydrogen-bond acceptors (Lipinski definition) is 4. The van der Waals surface area contributed by atoms with Crippen molar-refractivity contribution in [3.05, 3.63) is 121 Å². The molecule has 9 aromatic rings. The Morgan fingerprint density at radius 3 is 1.79 bits per heavy atom. The van der Waals surface area contributed by atoms with E-state index in [1.54, 1.807) is 0 Å². The van der Waals surface area contributed by atoms with E-state index in [0.717, 1.165) is 5.46 Å². The van der Waals surface area contributed by atoms with Crippen LogP contribution >= 0.6 is 22.7 Å². The van der Waals surface area contributed by atoms with Crippen molar-refractivity contribution < 1.29 is 9.31 Å². The molecule has 1 fully saturated rings. The molecular weight excluding hydrogens is 625 g/mol. The van der Waals surface area contributed by atoms with E-state index in [1.807, 2.05) is 22.7 Å². The maximum atomic E-state index is 6.54. The van der Waals surface area contributed by atoms with Crippen LogP contribution in [0.15, 0.2) is 121 Å². The molecule has 6 heteroatoms. The zero-order valence-electron chi connectivity index (χ0n) is 27.2. The highest BCUT2D eigenvalue weighted by Crippen LogP contribution is 2.44. The SMILES string of the molecule is CC1(C)OB(c2ccc3c(c2)c2cc(-c4cccc5c4sc4ccccc45)ccc2n3-c2cccc3c2sc2ccccc23)OC1(C)C. The highest BCUT2D eigenvalue weighted by Gasteiger charge is 2.51. The first-order valence-electron chi connectivity index (χ1n) is 16.5. The monoisotopic (exact) mass is 657 g/mol. The molecule has 3 aromatic heterocycles. The summed E-state index contributed by atoms with van der Waals surface area (Å²) in [6.07, 6.45) is 0. The van der Waals surface area contributed by atoms with Gasteiger partial charge in [0.15, 0.2) is 0 Å². The summed E-state index contributed by atoms with van der Waals surface area (Å²) in [5, 5.41) is 7.65. The average molecular weight is 658 g/mol. The van der Waals surface area contributed by atoms with Crippen LogP contribution in [-0.4, -0.2) is 22.9 Å². The lowest BCUT2D eigenvalue weighted by atomic mass is 9.78. The van der Waals surface area contributed by atoms with Crippen LogP contribution in [-0.2, 0) is 9.31 Å². The number of fused-ring (bicyclic) bond motifs is 9. The first-order chi connectivity index (χ1) is 23.3. The summed E-state index contributed by atoms with van der Waals surface area (Å²) in [7, 11) is -0.431. The molecule has 0 spiro atoms. The van der Waals surface area contributed by atoms with E-state index in [0.29, 0.717) is 0 Å². The molecular formula is C42H32BNO2S2. The summed E-state index contributed by atoms with van der Waals surface area (Å²) in [6, 6.07) is 44.7. The van der Waals surface area contributed by atoms with Crippen molar-refractivity contribution in [2.75, 3.05) is 0 Å². The fourth-order valence-electron chi connectivity index (χ4n) is 7.48. The second-order valence-corrected chi connectivity index (χ2v) is 16.1. The van der Waals surface area contributed by atoms with Crippen LogP contribution in [0.1, 0.15) is 27.7 Å². The third-order valence-corrected chi connectivity index (χ3v) is 13.1. The van der Waals surface area contributed by atoms with Crippen LogP contribution in [0.25, 0.3) is 79.0 Å². The lowest BCUT2D eigenvalue weighted by Gasteiger charge is -2.32. The van der Waals surface area contributed by atoms with Crippen molar-refractivity contribution in [3.8, 4) is 16.8 Å². The smallest absolute Gasteiger partial charge is 0.399 e. The van der Waals surface area contributed by atoms with Crippen LogP contribution in [0.2, 0.25) is 0 Å². The fraction of sp³-hybridized carbons (Fsp3) is 0.143. The van der Waals surface area contributed by atoms with Gasteiger partial charge in [-0.2, -0.15) is 0 Å². The number of benzene rings is 6. The first-order valence-corrected chi connectivity index (χ1v) is 18.2. The summed E-state index contributed by atoms with van der Waals surface area (Å²) in [6.45, 7) is 8.46. The van der Waals surface area contributed by atoms with E-state index in [4.69, 9.17) is 9.31 Å². The van der Waals surface area contributed by atoms with Gasteiger partial charge in [-0.05, 0) is 80.7 Å². The van der Waals surface area contributed by atoms with Crippen molar-refractivity contribution in [1.29, 1.82) is 0 Å². The maximum absolute atomic E-state index is 6.54. The Morgan fingerprint density at radius 2 is 1.08 bits per heavy atom. The maximum Gasteiger partial charge on any atom is 0.494 e. The van der Waals surface area contributed by atoms with Crippen LogP contribution in [0.3, 0.4) is 0 Å². The first kappa shape index (κ1) is 28.5. The van der Waals surface area contributed by atoms with E-state index >= 15 is 0 Å². The molecule has 0 radical (unpaired) electrons. The van der Waals surface area contributed by atoms with Gasteiger partial charge in [0.25, 0.3) is 0 Å². The van der Waals surface area contributed by atoms with Gasteiger partial charge in [-0.25, -0.2) is 0 Å². The fourth-order valence-corrected chi connectivity index (χ4v) is 9.92. The predicted molar refractivity (Wildman–Crippen MR) is 208 cm³/mol. The second kappa shape index (κ2) is 10.0. The molecule has 0 bridgehead atoms. The number of aromatic nitrogens is 1. The highest BCUT2D eigenvalue weighted by molar-refractivity contribution is 7.26. The van der Waals surface area contributed by atoms with Crippen molar-refractivity contribution >= 4 is 97.4 Å². The van der Waals surface area contributed by atoms with Crippen molar-refractivity contribution in [2.45, 2.75) is 38.9 Å². The molecule has 1 aliphatic rings. The normalized spacial score (nSPS) is 16.0. The molecule has 1 saturated heterocycles. The second-order valence-electron chi connectivity index (χ2n) is 14.0. The molecule has 0 saturated carbocycles. The van der Waals surface area contributed by atoms with Gasteiger partial charge in [0.1, 0.15) is 0 Å². The molecule has 0 aliphatic carbocycles. The minimum Gasteiger partial charge on any atom is -0.399 e. The summed E-state index contributed by atoms with van der Waals surface area (Å²) >= 11 is 3.75. The van der Waals surface area contributed by atoms with E-state index in [-0.39, 0.29) is 0 Å². The average Bonchev–Trinajstić information content (AvgIpc) is 3.81. The molecule has 3 nitrogen and oxygen atoms in total. The van der Waals surface area contributed by atoms with Crippen LogP contribution in [0.4, 0.5) is 0 Å². The largest absolute Gasteiger partial charge is 0.494 e. The molecule has 0 N–H and O–H groups in total. The van der Waals surface area contributed by atoms with Crippen LogP contribution in [0, 0.1) is 0 Å². The van der Waals surface area contributed by atoms with Gasteiger partial charge in [-0.1, -0.05) is 84.9 Å². The Hall–Kier alpha value is -4.46. The molecule has 0 unspecified atom stereocenters.